The Balaban J connectivity index is 1.74. The molecule has 0 aromatic heterocycles. The van der Waals surface area contributed by atoms with Crippen molar-refractivity contribution in [2.24, 2.45) is 5.92 Å². The number of amides is 1. The van der Waals surface area contributed by atoms with Crippen LogP contribution in [0.25, 0.3) is 0 Å². The van der Waals surface area contributed by atoms with E-state index in [-0.39, 0.29) is 23.4 Å². The summed E-state index contributed by atoms with van der Waals surface area (Å²) in [4.78, 5) is 25.3. The summed E-state index contributed by atoms with van der Waals surface area (Å²) in [6.07, 6.45) is 2.90. The van der Waals surface area contributed by atoms with Crippen LogP contribution in [0.5, 0.6) is 0 Å². The Kier molecular flexibility index (Phi) is 7.98. The van der Waals surface area contributed by atoms with E-state index < -0.39 is 10.0 Å². The first-order valence-corrected chi connectivity index (χ1v) is 11.2. The first kappa shape index (κ1) is 21.6. The number of unbranched alkanes of at least 4 members (excludes halogenated alkanes) is 1. The Bertz CT molecular complexity index is 726. The fraction of sp³-hybridized carbons (Fsp3) is 0.600. The van der Waals surface area contributed by atoms with E-state index in [0.717, 1.165) is 24.8 Å². The molecule has 1 fully saturated rings. The molecule has 0 spiro atoms. The van der Waals surface area contributed by atoms with Gasteiger partial charge in [-0.3, -0.25) is 9.59 Å². The molecular weight excluding hydrogens is 364 g/mol. The largest absolute Gasteiger partial charge is 0.340 e. The molecule has 1 amide bonds. The van der Waals surface area contributed by atoms with Gasteiger partial charge >= 0.3 is 0 Å². The van der Waals surface area contributed by atoms with Gasteiger partial charge in [-0.2, -0.15) is 4.31 Å². The second kappa shape index (κ2) is 9.99. The molecule has 0 saturated carbocycles. The third-order valence-corrected chi connectivity index (χ3v) is 7.00. The van der Waals surface area contributed by atoms with Crippen LogP contribution in [0.3, 0.4) is 0 Å². The zero-order chi connectivity index (χ0) is 19.9. The van der Waals surface area contributed by atoms with Crippen LogP contribution in [-0.4, -0.2) is 55.5 Å². The van der Waals surface area contributed by atoms with Crippen molar-refractivity contribution < 1.29 is 18.0 Å². The van der Waals surface area contributed by atoms with Crippen molar-refractivity contribution in [2.75, 3.05) is 26.2 Å². The van der Waals surface area contributed by atoms with E-state index in [9.17, 15) is 18.0 Å². The van der Waals surface area contributed by atoms with E-state index in [1.165, 1.54) is 4.31 Å². The van der Waals surface area contributed by atoms with Crippen molar-refractivity contribution in [3.8, 4) is 0 Å². The third kappa shape index (κ3) is 6.74. The van der Waals surface area contributed by atoms with Gasteiger partial charge in [-0.25, -0.2) is 8.42 Å². The van der Waals surface area contributed by atoms with Crippen molar-refractivity contribution in [3.05, 3.63) is 35.9 Å². The number of piperazine rings is 1. The summed E-state index contributed by atoms with van der Waals surface area (Å²) in [6.45, 7) is 5.10. The molecule has 0 N–H and O–H groups in total. The fourth-order valence-corrected chi connectivity index (χ4v) is 4.70. The summed E-state index contributed by atoms with van der Waals surface area (Å²) in [5.41, 5.74) is 0.774. The second-order valence-electron chi connectivity index (χ2n) is 7.28. The Morgan fingerprint density at radius 2 is 1.67 bits per heavy atom. The van der Waals surface area contributed by atoms with Gasteiger partial charge in [0.05, 0.1) is 5.75 Å². The quantitative estimate of drug-likeness (QED) is 0.603. The molecule has 1 aliphatic heterocycles. The molecule has 1 saturated heterocycles. The van der Waals surface area contributed by atoms with Crippen LogP contribution in [0.4, 0.5) is 0 Å². The topological polar surface area (TPSA) is 74.8 Å². The molecule has 1 aromatic carbocycles. The number of hydrogen-bond acceptors (Lipinski definition) is 4. The summed E-state index contributed by atoms with van der Waals surface area (Å²) >= 11 is 0. The molecular formula is C20H30N2O4S. The SMILES string of the molecule is CC(=O)[C@@H](C)CCCCC(=O)N1CCN(S(=O)(=O)Cc2ccccc2)CC1. The van der Waals surface area contributed by atoms with Gasteiger partial charge < -0.3 is 4.90 Å². The molecule has 0 radical (unpaired) electrons. The van der Waals surface area contributed by atoms with Crippen molar-refractivity contribution in [1.29, 1.82) is 0 Å². The fourth-order valence-electron chi connectivity index (χ4n) is 3.18. The van der Waals surface area contributed by atoms with Gasteiger partial charge in [0, 0.05) is 38.5 Å². The van der Waals surface area contributed by atoms with Gasteiger partial charge in [0.2, 0.25) is 15.9 Å². The molecule has 7 heteroatoms. The van der Waals surface area contributed by atoms with Crippen molar-refractivity contribution in [2.45, 2.75) is 45.3 Å². The lowest BCUT2D eigenvalue weighted by molar-refractivity contribution is -0.132. The molecule has 0 bridgehead atoms. The van der Waals surface area contributed by atoms with Gasteiger partial charge in [-0.15, -0.1) is 0 Å². The highest BCUT2D eigenvalue weighted by Crippen LogP contribution is 2.15. The first-order valence-electron chi connectivity index (χ1n) is 9.59. The number of ketones is 1. The van der Waals surface area contributed by atoms with E-state index in [1.54, 1.807) is 11.8 Å². The number of sulfonamides is 1. The number of Topliss-reactive ketones (excluding diaryl/α,β-unsaturated/α-hetero) is 1. The second-order valence-corrected chi connectivity index (χ2v) is 9.25. The van der Waals surface area contributed by atoms with E-state index in [0.29, 0.717) is 32.6 Å². The lowest BCUT2D eigenvalue weighted by Crippen LogP contribution is -2.50. The maximum atomic E-state index is 12.6. The molecule has 2 rings (SSSR count). The standard InChI is InChI=1S/C20H30N2O4S/c1-17(18(2)23)8-6-7-11-20(24)21-12-14-22(15-13-21)27(25,26)16-19-9-4-3-5-10-19/h3-5,9-10,17H,6-8,11-16H2,1-2H3/t17-/m0/s1. The lowest BCUT2D eigenvalue weighted by Gasteiger charge is -2.34. The van der Waals surface area contributed by atoms with Crippen LogP contribution in [0.15, 0.2) is 30.3 Å². The molecule has 1 atom stereocenters. The summed E-state index contributed by atoms with van der Waals surface area (Å²) in [5.74, 6) is 0.314. The van der Waals surface area contributed by atoms with Crippen LogP contribution < -0.4 is 0 Å². The monoisotopic (exact) mass is 394 g/mol. The normalized spacial score (nSPS) is 16.9. The smallest absolute Gasteiger partial charge is 0.222 e. The zero-order valence-corrected chi connectivity index (χ0v) is 17.1. The Hall–Kier alpha value is -1.73. The number of hydrogen-bond donors (Lipinski definition) is 0. The first-order chi connectivity index (χ1) is 12.8. The predicted molar refractivity (Wildman–Crippen MR) is 106 cm³/mol. The molecule has 1 aromatic rings. The maximum Gasteiger partial charge on any atom is 0.222 e. The van der Waals surface area contributed by atoms with Crippen LogP contribution in [0, 0.1) is 5.92 Å². The minimum Gasteiger partial charge on any atom is -0.340 e. The van der Waals surface area contributed by atoms with Crippen LogP contribution in [0.2, 0.25) is 0 Å². The average Bonchev–Trinajstić information content (AvgIpc) is 2.65. The van der Waals surface area contributed by atoms with Crippen LogP contribution in [0.1, 0.15) is 45.1 Å². The lowest BCUT2D eigenvalue weighted by atomic mass is 9.99. The predicted octanol–water partition coefficient (Wildman–Crippen LogP) is 2.45. The van der Waals surface area contributed by atoms with Crippen molar-refractivity contribution in [3.63, 3.8) is 0 Å². The number of rotatable bonds is 9. The molecule has 1 heterocycles. The minimum absolute atomic E-state index is 0.00385. The molecule has 27 heavy (non-hydrogen) atoms. The Morgan fingerprint density at radius 1 is 1.04 bits per heavy atom. The van der Waals surface area contributed by atoms with Crippen molar-refractivity contribution in [1.82, 2.24) is 9.21 Å². The average molecular weight is 395 g/mol. The molecule has 1 aliphatic rings. The van der Waals surface area contributed by atoms with Crippen LogP contribution >= 0.6 is 0 Å². The highest BCUT2D eigenvalue weighted by molar-refractivity contribution is 7.88. The number of carbonyl (C=O) groups is 2. The van der Waals surface area contributed by atoms with Gasteiger partial charge in [0.15, 0.2) is 0 Å². The number of benzene rings is 1. The van der Waals surface area contributed by atoms with E-state index in [1.807, 2.05) is 37.3 Å². The van der Waals surface area contributed by atoms with Crippen molar-refractivity contribution >= 4 is 21.7 Å². The summed E-state index contributed by atoms with van der Waals surface area (Å²) < 4.78 is 26.6. The van der Waals surface area contributed by atoms with Gasteiger partial charge in [0.1, 0.15) is 5.78 Å². The van der Waals surface area contributed by atoms with E-state index in [4.69, 9.17) is 0 Å². The molecule has 0 unspecified atom stereocenters. The highest BCUT2D eigenvalue weighted by Gasteiger charge is 2.28. The van der Waals surface area contributed by atoms with E-state index >= 15 is 0 Å². The van der Waals surface area contributed by atoms with E-state index in [2.05, 4.69) is 0 Å². The third-order valence-electron chi connectivity index (χ3n) is 5.15. The Labute approximate surface area is 162 Å². The molecule has 6 nitrogen and oxygen atoms in total. The molecule has 150 valence electrons. The highest BCUT2D eigenvalue weighted by atomic mass is 32.2. The minimum atomic E-state index is -3.36. The zero-order valence-electron chi connectivity index (χ0n) is 16.3. The number of nitrogens with zero attached hydrogens (tertiary/aromatic N) is 2. The Morgan fingerprint density at radius 3 is 2.26 bits per heavy atom. The molecule has 0 aliphatic carbocycles. The summed E-state index contributed by atoms with van der Waals surface area (Å²) in [7, 11) is -3.36. The van der Waals surface area contributed by atoms with Crippen LogP contribution in [-0.2, 0) is 25.4 Å². The van der Waals surface area contributed by atoms with Gasteiger partial charge in [-0.1, -0.05) is 43.7 Å². The number of carbonyl (C=O) groups excluding carboxylic acids is 2. The summed E-state index contributed by atoms with van der Waals surface area (Å²) in [5, 5.41) is 0. The van der Waals surface area contributed by atoms with Gasteiger partial charge in [-0.05, 0) is 25.3 Å². The van der Waals surface area contributed by atoms with Gasteiger partial charge in [0.25, 0.3) is 0 Å². The summed E-state index contributed by atoms with van der Waals surface area (Å²) in [6, 6.07) is 9.15. The maximum absolute atomic E-state index is 12.6.